The van der Waals surface area contributed by atoms with Crippen molar-refractivity contribution in [1.29, 1.82) is 0 Å². The molecular formula is C15H28O2Si. The molecule has 0 heterocycles. The summed E-state index contributed by atoms with van der Waals surface area (Å²) in [5, 5.41) is 0. The fourth-order valence-corrected chi connectivity index (χ4v) is 2.73. The lowest BCUT2D eigenvalue weighted by Gasteiger charge is -2.23. The fraction of sp³-hybridized carbons (Fsp3) is 0.667. The summed E-state index contributed by atoms with van der Waals surface area (Å²) in [5.74, 6) is 0.273. The molecule has 0 bridgehead atoms. The molecule has 0 aromatic carbocycles. The number of unbranched alkanes of at least 4 members (excludes halogenated alkanes) is 1. The molecule has 1 aliphatic carbocycles. The van der Waals surface area contributed by atoms with Gasteiger partial charge in [0.1, 0.15) is 0 Å². The van der Waals surface area contributed by atoms with Crippen molar-refractivity contribution >= 4 is 14.1 Å². The summed E-state index contributed by atoms with van der Waals surface area (Å²) in [7, 11) is -1.36. The molecule has 1 rings (SSSR count). The Morgan fingerprint density at radius 3 is 2.44 bits per heavy atom. The van der Waals surface area contributed by atoms with Crippen LogP contribution in [0, 0.1) is 0 Å². The van der Waals surface area contributed by atoms with Gasteiger partial charge in [-0.2, -0.15) is 0 Å². The van der Waals surface area contributed by atoms with E-state index in [1.807, 2.05) is 12.2 Å². The van der Waals surface area contributed by atoms with Crippen molar-refractivity contribution < 1.29 is 9.22 Å². The van der Waals surface area contributed by atoms with Crippen LogP contribution < -0.4 is 0 Å². The molecule has 0 saturated carbocycles. The molecule has 18 heavy (non-hydrogen) atoms. The van der Waals surface area contributed by atoms with Gasteiger partial charge < -0.3 is 4.43 Å². The lowest BCUT2D eigenvalue weighted by Crippen LogP contribution is -2.30. The summed E-state index contributed by atoms with van der Waals surface area (Å²) in [5.41, 5.74) is 0. The van der Waals surface area contributed by atoms with E-state index in [0.29, 0.717) is 0 Å². The summed E-state index contributed by atoms with van der Waals surface area (Å²) in [4.78, 5) is 10.2. The quantitative estimate of drug-likeness (QED) is 0.524. The maximum absolute atomic E-state index is 10.2. The molecule has 0 radical (unpaired) electrons. The number of ketones is 1. The summed E-state index contributed by atoms with van der Waals surface area (Å²) in [6.45, 7) is 12.7. The van der Waals surface area contributed by atoms with E-state index in [0.717, 1.165) is 19.3 Å². The van der Waals surface area contributed by atoms with E-state index in [2.05, 4.69) is 33.1 Å². The van der Waals surface area contributed by atoms with Gasteiger partial charge in [0.15, 0.2) is 14.1 Å². The minimum absolute atomic E-state index is 0.273. The van der Waals surface area contributed by atoms with Crippen molar-refractivity contribution in [3.63, 3.8) is 0 Å². The van der Waals surface area contributed by atoms with Gasteiger partial charge in [0.05, 0.1) is 6.10 Å². The van der Waals surface area contributed by atoms with Gasteiger partial charge in [-0.1, -0.05) is 31.9 Å². The molecule has 104 valence electrons. The van der Waals surface area contributed by atoms with E-state index in [9.17, 15) is 4.79 Å². The van der Waals surface area contributed by atoms with Gasteiger partial charge in [0.25, 0.3) is 0 Å². The average molecular weight is 268 g/mol. The highest BCUT2D eigenvalue weighted by Gasteiger charge is 2.18. The Kier molecular flexibility index (Phi) is 8.94. The summed E-state index contributed by atoms with van der Waals surface area (Å²) < 4.78 is 5.91. The van der Waals surface area contributed by atoms with E-state index in [-0.39, 0.29) is 11.9 Å². The second-order valence-corrected chi connectivity index (χ2v) is 10.0. The van der Waals surface area contributed by atoms with Crippen molar-refractivity contribution in [1.82, 2.24) is 0 Å². The van der Waals surface area contributed by atoms with Crippen molar-refractivity contribution in [3.05, 3.63) is 24.8 Å². The number of allylic oxidation sites excluding steroid dienone is 2. The Balaban J connectivity index is 0.000000397. The number of hydrogen-bond acceptors (Lipinski definition) is 2. The SMILES string of the molecule is C=CC(CCCC)O[Si](C)(C)C.O=C1C=CCC1. The third-order valence-corrected chi connectivity index (χ3v) is 3.48. The van der Waals surface area contributed by atoms with Crippen LogP contribution in [0.15, 0.2) is 24.8 Å². The molecule has 0 N–H and O–H groups in total. The van der Waals surface area contributed by atoms with Gasteiger partial charge in [0, 0.05) is 6.42 Å². The zero-order valence-electron chi connectivity index (χ0n) is 12.4. The van der Waals surface area contributed by atoms with Crippen molar-refractivity contribution in [2.75, 3.05) is 0 Å². The van der Waals surface area contributed by atoms with Crippen LogP contribution in [-0.2, 0) is 9.22 Å². The zero-order valence-corrected chi connectivity index (χ0v) is 13.4. The number of hydrogen-bond donors (Lipinski definition) is 0. The Bertz CT molecular complexity index is 277. The van der Waals surface area contributed by atoms with Gasteiger partial charge in [0.2, 0.25) is 0 Å². The predicted octanol–water partition coefficient (Wildman–Crippen LogP) is 4.49. The molecule has 0 spiro atoms. The van der Waals surface area contributed by atoms with Crippen molar-refractivity contribution in [2.45, 2.75) is 64.8 Å². The first kappa shape index (κ1) is 17.3. The Morgan fingerprint density at radius 2 is 2.17 bits per heavy atom. The number of carbonyl (C=O) groups is 1. The number of rotatable bonds is 6. The summed E-state index contributed by atoms with van der Waals surface area (Å²) in [6, 6.07) is 0. The highest BCUT2D eigenvalue weighted by atomic mass is 28.4. The van der Waals surface area contributed by atoms with Crippen LogP contribution in [0.2, 0.25) is 19.6 Å². The Morgan fingerprint density at radius 1 is 1.50 bits per heavy atom. The molecule has 0 aromatic rings. The molecule has 1 atom stereocenters. The van der Waals surface area contributed by atoms with Gasteiger partial charge in [-0.15, -0.1) is 6.58 Å². The first-order valence-corrected chi connectivity index (χ1v) is 10.3. The third-order valence-electron chi connectivity index (χ3n) is 2.47. The lowest BCUT2D eigenvalue weighted by atomic mass is 10.2. The highest BCUT2D eigenvalue weighted by Crippen LogP contribution is 2.13. The maximum Gasteiger partial charge on any atom is 0.184 e. The highest BCUT2D eigenvalue weighted by molar-refractivity contribution is 6.69. The molecule has 0 aliphatic heterocycles. The molecule has 0 saturated heterocycles. The second-order valence-electron chi connectivity index (χ2n) is 5.55. The van der Waals surface area contributed by atoms with Crippen molar-refractivity contribution in [3.8, 4) is 0 Å². The average Bonchev–Trinajstić information content (AvgIpc) is 2.74. The summed E-state index contributed by atoms with van der Waals surface area (Å²) in [6.07, 6.45) is 11.1. The van der Waals surface area contributed by atoms with E-state index in [1.54, 1.807) is 6.08 Å². The van der Waals surface area contributed by atoms with E-state index < -0.39 is 8.32 Å². The summed E-state index contributed by atoms with van der Waals surface area (Å²) >= 11 is 0. The first-order chi connectivity index (χ1) is 8.39. The molecule has 0 fully saturated rings. The van der Waals surface area contributed by atoms with Crippen LogP contribution >= 0.6 is 0 Å². The van der Waals surface area contributed by atoms with Crippen LogP contribution in [0.4, 0.5) is 0 Å². The normalized spacial score (nSPS) is 16.1. The molecule has 2 nitrogen and oxygen atoms in total. The first-order valence-electron chi connectivity index (χ1n) is 6.88. The van der Waals surface area contributed by atoms with Crippen LogP contribution in [0.3, 0.4) is 0 Å². The molecule has 3 heteroatoms. The van der Waals surface area contributed by atoms with Crippen LogP contribution in [0.5, 0.6) is 0 Å². The lowest BCUT2D eigenvalue weighted by molar-refractivity contribution is -0.114. The maximum atomic E-state index is 10.2. The van der Waals surface area contributed by atoms with Gasteiger partial charge in [-0.25, -0.2) is 0 Å². The van der Waals surface area contributed by atoms with Gasteiger partial charge in [-0.3, -0.25) is 4.79 Å². The van der Waals surface area contributed by atoms with Gasteiger partial charge in [-0.05, 0) is 38.6 Å². The Labute approximate surface area is 113 Å². The van der Waals surface area contributed by atoms with Crippen LogP contribution in [0.1, 0.15) is 39.0 Å². The number of carbonyl (C=O) groups excluding carboxylic acids is 1. The fourth-order valence-electron chi connectivity index (χ4n) is 1.61. The monoisotopic (exact) mass is 268 g/mol. The van der Waals surface area contributed by atoms with E-state index >= 15 is 0 Å². The standard InChI is InChI=1S/C10H22OSi.C5H6O/c1-6-8-9-10(7-2)11-12(3,4)5;6-5-3-1-2-4-5/h7,10H,2,6,8-9H2,1,3-5H3;1,3H,2,4H2. The smallest absolute Gasteiger partial charge is 0.184 e. The largest absolute Gasteiger partial charge is 0.411 e. The molecular weight excluding hydrogens is 240 g/mol. The molecule has 1 unspecified atom stereocenters. The van der Waals surface area contributed by atoms with Crippen molar-refractivity contribution in [2.24, 2.45) is 0 Å². The minimum Gasteiger partial charge on any atom is -0.411 e. The molecule has 1 aliphatic rings. The van der Waals surface area contributed by atoms with E-state index in [4.69, 9.17) is 4.43 Å². The van der Waals surface area contributed by atoms with E-state index in [1.165, 1.54) is 12.8 Å². The van der Waals surface area contributed by atoms with Crippen LogP contribution in [-0.4, -0.2) is 20.2 Å². The predicted molar refractivity (Wildman–Crippen MR) is 81.3 cm³/mol. The minimum atomic E-state index is -1.36. The van der Waals surface area contributed by atoms with Crippen LogP contribution in [0.25, 0.3) is 0 Å². The zero-order chi connectivity index (χ0) is 14.0. The Hall–Kier alpha value is -0.673. The van der Waals surface area contributed by atoms with Gasteiger partial charge >= 0.3 is 0 Å². The topological polar surface area (TPSA) is 26.3 Å². The molecule has 0 aromatic heterocycles. The third kappa shape index (κ3) is 10.5. The molecule has 0 amide bonds. The second kappa shape index (κ2) is 9.28.